The third kappa shape index (κ3) is 3.32. The van der Waals surface area contributed by atoms with Crippen molar-refractivity contribution in [2.45, 2.75) is 0 Å². The Labute approximate surface area is 82.4 Å². The van der Waals surface area contributed by atoms with Crippen molar-refractivity contribution in [2.75, 3.05) is 18.5 Å². The van der Waals surface area contributed by atoms with E-state index in [-0.39, 0.29) is 12.6 Å². The lowest BCUT2D eigenvalue weighted by Crippen LogP contribution is -2.21. The van der Waals surface area contributed by atoms with Gasteiger partial charge in [-0.15, -0.1) is 0 Å². The van der Waals surface area contributed by atoms with Gasteiger partial charge in [-0.05, 0) is 24.3 Å². The molecule has 0 aliphatic heterocycles. The van der Waals surface area contributed by atoms with Gasteiger partial charge >= 0.3 is 0 Å². The molecule has 6 N–H and O–H groups in total. The SMILES string of the molecule is NC(N)=Nc1ccc(NCCO)cc1. The summed E-state index contributed by atoms with van der Waals surface area (Å²) in [6.07, 6.45) is 0. The van der Waals surface area contributed by atoms with Crippen LogP contribution in [0.25, 0.3) is 0 Å². The highest BCUT2D eigenvalue weighted by Gasteiger charge is 1.92. The normalized spacial score (nSPS) is 9.50. The highest BCUT2D eigenvalue weighted by atomic mass is 16.3. The molecule has 0 radical (unpaired) electrons. The van der Waals surface area contributed by atoms with Gasteiger partial charge in [-0.3, -0.25) is 0 Å². The van der Waals surface area contributed by atoms with Crippen LogP contribution < -0.4 is 16.8 Å². The first-order chi connectivity index (χ1) is 6.72. The molecule has 1 aromatic carbocycles. The first kappa shape index (κ1) is 10.3. The molecule has 0 spiro atoms. The lowest BCUT2D eigenvalue weighted by Gasteiger charge is -2.03. The van der Waals surface area contributed by atoms with Crippen LogP contribution in [0.15, 0.2) is 29.3 Å². The summed E-state index contributed by atoms with van der Waals surface area (Å²) in [6, 6.07) is 7.27. The van der Waals surface area contributed by atoms with E-state index in [1.54, 1.807) is 12.1 Å². The topological polar surface area (TPSA) is 96.7 Å². The number of aliphatic hydroxyl groups is 1. The van der Waals surface area contributed by atoms with Crippen molar-refractivity contribution < 1.29 is 5.11 Å². The maximum absolute atomic E-state index is 8.58. The van der Waals surface area contributed by atoms with Crippen LogP contribution in [0.5, 0.6) is 0 Å². The van der Waals surface area contributed by atoms with Crippen LogP contribution in [0.1, 0.15) is 0 Å². The van der Waals surface area contributed by atoms with E-state index in [4.69, 9.17) is 16.6 Å². The first-order valence-corrected chi connectivity index (χ1v) is 4.27. The van der Waals surface area contributed by atoms with E-state index in [0.29, 0.717) is 12.2 Å². The molecule has 1 aromatic rings. The van der Waals surface area contributed by atoms with Crippen LogP contribution in [0.3, 0.4) is 0 Å². The molecule has 0 saturated carbocycles. The number of rotatable bonds is 4. The highest BCUT2D eigenvalue weighted by molar-refractivity contribution is 5.79. The molecule has 0 aliphatic carbocycles. The molecular formula is C9H14N4O. The molecule has 0 bridgehead atoms. The van der Waals surface area contributed by atoms with E-state index in [1.165, 1.54) is 0 Å². The van der Waals surface area contributed by atoms with E-state index in [1.807, 2.05) is 12.1 Å². The number of guanidine groups is 1. The third-order valence-corrected chi connectivity index (χ3v) is 1.57. The van der Waals surface area contributed by atoms with Crippen molar-refractivity contribution in [3.63, 3.8) is 0 Å². The summed E-state index contributed by atoms with van der Waals surface area (Å²) in [6.45, 7) is 0.636. The second kappa shape index (κ2) is 5.08. The van der Waals surface area contributed by atoms with E-state index in [0.717, 1.165) is 5.69 Å². The Kier molecular flexibility index (Phi) is 3.75. The Balaban J connectivity index is 2.64. The summed E-state index contributed by atoms with van der Waals surface area (Å²) >= 11 is 0. The molecular weight excluding hydrogens is 180 g/mol. The lowest BCUT2D eigenvalue weighted by atomic mass is 10.3. The Morgan fingerprint density at radius 2 is 1.93 bits per heavy atom. The predicted molar refractivity (Wildman–Crippen MR) is 57.5 cm³/mol. The second-order valence-electron chi connectivity index (χ2n) is 2.73. The molecule has 14 heavy (non-hydrogen) atoms. The molecule has 0 saturated heterocycles. The largest absolute Gasteiger partial charge is 0.395 e. The minimum absolute atomic E-state index is 0.0427. The highest BCUT2D eigenvalue weighted by Crippen LogP contribution is 2.15. The van der Waals surface area contributed by atoms with E-state index < -0.39 is 0 Å². The maximum Gasteiger partial charge on any atom is 0.191 e. The second-order valence-corrected chi connectivity index (χ2v) is 2.73. The number of nitrogens with one attached hydrogen (secondary N) is 1. The van der Waals surface area contributed by atoms with Crippen LogP contribution in [-0.4, -0.2) is 24.2 Å². The predicted octanol–water partition coefficient (Wildman–Crippen LogP) is -0.00430. The zero-order valence-electron chi connectivity index (χ0n) is 7.77. The fourth-order valence-electron chi connectivity index (χ4n) is 1.00. The minimum Gasteiger partial charge on any atom is -0.395 e. The van der Waals surface area contributed by atoms with Crippen LogP contribution in [-0.2, 0) is 0 Å². The molecule has 76 valence electrons. The molecule has 0 amide bonds. The average molecular weight is 194 g/mol. The number of hydrogen-bond donors (Lipinski definition) is 4. The van der Waals surface area contributed by atoms with Crippen molar-refractivity contribution in [3.05, 3.63) is 24.3 Å². The minimum atomic E-state index is 0.0427. The zero-order valence-corrected chi connectivity index (χ0v) is 7.77. The van der Waals surface area contributed by atoms with E-state index in [2.05, 4.69) is 10.3 Å². The number of hydrogen-bond acceptors (Lipinski definition) is 3. The van der Waals surface area contributed by atoms with Crippen LogP contribution in [0.4, 0.5) is 11.4 Å². The van der Waals surface area contributed by atoms with Crippen molar-refractivity contribution in [1.29, 1.82) is 0 Å². The molecule has 5 heteroatoms. The first-order valence-electron chi connectivity index (χ1n) is 4.27. The summed E-state index contributed by atoms with van der Waals surface area (Å²) in [5.74, 6) is 0.0427. The Morgan fingerprint density at radius 1 is 1.29 bits per heavy atom. The van der Waals surface area contributed by atoms with Gasteiger partial charge in [-0.1, -0.05) is 0 Å². The molecule has 1 rings (SSSR count). The molecule has 0 atom stereocenters. The molecule has 0 heterocycles. The molecule has 0 aromatic heterocycles. The van der Waals surface area contributed by atoms with Crippen molar-refractivity contribution in [1.82, 2.24) is 0 Å². The van der Waals surface area contributed by atoms with Crippen LogP contribution in [0, 0.1) is 0 Å². The van der Waals surface area contributed by atoms with Gasteiger partial charge in [0.1, 0.15) is 0 Å². The van der Waals surface area contributed by atoms with Gasteiger partial charge in [0.05, 0.1) is 12.3 Å². The Hall–Kier alpha value is -1.75. The number of nitrogens with zero attached hydrogens (tertiary/aromatic N) is 1. The average Bonchev–Trinajstić information content (AvgIpc) is 2.16. The van der Waals surface area contributed by atoms with Gasteiger partial charge in [0.15, 0.2) is 5.96 Å². The number of benzene rings is 1. The van der Waals surface area contributed by atoms with Gasteiger partial charge in [0.25, 0.3) is 0 Å². The molecule has 0 unspecified atom stereocenters. The summed E-state index contributed by atoms with van der Waals surface area (Å²) < 4.78 is 0. The smallest absolute Gasteiger partial charge is 0.191 e. The van der Waals surface area contributed by atoms with Crippen molar-refractivity contribution >= 4 is 17.3 Å². The number of nitrogens with two attached hydrogens (primary N) is 2. The van der Waals surface area contributed by atoms with E-state index in [9.17, 15) is 0 Å². The lowest BCUT2D eigenvalue weighted by molar-refractivity contribution is 0.311. The molecule has 0 aliphatic rings. The molecule has 0 fully saturated rings. The monoisotopic (exact) mass is 194 g/mol. The summed E-state index contributed by atoms with van der Waals surface area (Å²) in [5, 5.41) is 11.6. The summed E-state index contributed by atoms with van der Waals surface area (Å²) in [7, 11) is 0. The van der Waals surface area contributed by atoms with Crippen molar-refractivity contribution in [2.24, 2.45) is 16.5 Å². The van der Waals surface area contributed by atoms with Gasteiger partial charge in [0.2, 0.25) is 0 Å². The number of anilines is 1. The zero-order chi connectivity index (χ0) is 10.4. The van der Waals surface area contributed by atoms with E-state index >= 15 is 0 Å². The Morgan fingerprint density at radius 3 is 2.43 bits per heavy atom. The van der Waals surface area contributed by atoms with Gasteiger partial charge in [0, 0.05) is 12.2 Å². The molecule has 5 nitrogen and oxygen atoms in total. The fraction of sp³-hybridized carbons (Fsp3) is 0.222. The Bertz CT molecular complexity index is 303. The summed E-state index contributed by atoms with van der Waals surface area (Å²) in [4.78, 5) is 3.88. The fourth-order valence-corrected chi connectivity index (χ4v) is 1.00. The van der Waals surface area contributed by atoms with Gasteiger partial charge in [-0.2, -0.15) is 0 Å². The van der Waals surface area contributed by atoms with Crippen molar-refractivity contribution in [3.8, 4) is 0 Å². The van der Waals surface area contributed by atoms with Crippen LogP contribution in [0.2, 0.25) is 0 Å². The standard InChI is InChI=1S/C9H14N4O/c10-9(11)13-8-3-1-7(2-4-8)12-5-6-14/h1-4,12,14H,5-6H2,(H4,10,11,13). The van der Waals surface area contributed by atoms with Gasteiger partial charge < -0.3 is 21.9 Å². The third-order valence-electron chi connectivity index (χ3n) is 1.57. The van der Waals surface area contributed by atoms with Crippen LogP contribution >= 0.6 is 0 Å². The quantitative estimate of drug-likeness (QED) is 0.400. The van der Waals surface area contributed by atoms with Gasteiger partial charge in [-0.25, -0.2) is 4.99 Å². The summed E-state index contributed by atoms with van der Waals surface area (Å²) in [5.41, 5.74) is 12.1. The number of aliphatic hydroxyl groups excluding tert-OH is 1. The number of aliphatic imine (C=N–C) groups is 1. The maximum atomic E-state index is 8.58.